The van der Waals surface area contributed by atoms with Gasteiger partial charge in [0.05, 0.1) is 0 Å². The Morgan fingerprint density at radius 2 is 2.05 bits per heavy atom. The number of aryl methyl sites for hydroxylation is 2. The third-order valence-electron chi connectivity index (χ3n) is 4.29. The standard InChI is InChI=1S/C18H24N2S/c1-15-8-12-21-18(15)13-19-9-11-20-10-4-7-16-5-2-3-6-17(16)14-20/h2-3,5-6,8,12,19H,4,7,9-11,13-14H2,1H3. The average Bonchev–Trinajstić information content (AvgIpc) is 2.79. The normalized spacial score (nSPS) is 15.7. The molecule has 3 heteroatoms. The van der Waals surface area contributed by atoms with Crippen LogP contribution in [0, 0.1) is 6.92 Å². The topological polar surface area (TPSA) is 15.3 Å². The van der Waals surface area contributed by atoms with Crippen molar-refractivity contribution in [2.45, 2.75) is 32.9 Å². The first-order valence-corrected chi connectivity index (χ1v) is 8.74. The second-order valence-electron chi connectivity index (χ2n) is 5.85. The van der Waals surface area contributed by atoms with Crippen LogP contribution in [-0.4, -0.2) is 24.5 Å². The number of thiophene rings is 1. The van der Waals surface area contributed by atoms with Gasteiger partial charge in [-0.15, -0.1) is 11.3 Å². The molecule has 1 aliphatic rings. The summed E-state index contributed by atoms with van der Waals surface area (Å²) in [6, 6.07) is 11.1. The Labute approximate surface area is 131 Å². The van der Waals surface area contributed by atoms with Gasteiger partial charge >= 0.3 is 0 Å². The van der Waals surface area contributed by atoms with Crippen LogP contribution < -0.4 is 5.32 Å². The summed E-state index contributed by atoms with van der Waals surface area (Å²) < 4.78 is 0. The van der Waals surface area contributed by atoms with Crippen LogP contribution in [0.4, 0.5) is 0 Å². The zero-order valence-corrected chi connectivity index (χ0v) is 13.6. The molecule has 3 rings (SSSR count). The fourth-order valence-electron chi connectivity index (χ4n) is 2.98. The molecule has 0 saturated carbocycles. The molecule has 2 nitrogen and oxygen atoms in total. The molecule has 0 spiro atoms. The maximum absolute atomic E-state index is 3.59. The van der Waals surface area contributed by atoms with Crippen LogP contribution in [0.1, 0.15) is 28.0 Å². The fourth-order valence-corrected chi connectivity index (χ4v) is 3.86. The Kier molecular flexibility index (Phi) is 5.07. The molecular weight excluding hydrogens is 276 g/mol. The van der Waals surface area contributed by atoms with E-state index in [1.807, 2.05) is 11.3 Å². The van der Waals surface area contributed by atoms with Crippen LogP contribution in [0.2, 0.25) is 0 Å². The van der Waals surface area contributed by atoms with Crippen LogP contribution in [-0.2, 0) is 19.5 Å². The summed E-state index contributed by atoms with van der Waals surface area (Å²) in [4.78, 5) is 4.05. The van der Waals surface area contributed by atoms with E-state index in [0.29, 0.717) is 0 Å². The number of rotatable bonds is 5. The Hall–Kier alpha value is -1.16. The maximum atomic E-state index is 3.59. The van der Waals surface area contributed by atoms with Crippen molar-refractivity contribution in [3.8, 4) is 0 Å². The summed E-state index contributed by atoms with van der Waals surface area (Å²) in [7, 11) is 0. The molecule has 0 saturated heterocycles. The summed E-state index contributed by atoms with van der Waals surface area (Å²) in [6.07, 6.45) is 2.51. The van der Waals surface area contributed by atoms with Crippen LogP contribution >= 0.6 is 11.3 Å². The lowest BCUT2D eigenvalue weighted by Crippen LogP contribution is -2.31. The largest absolute Gasteiger partial charge is 0.311 e. The molecular formula is C18H24N2S. The minimum Gasteiger partial charge on any atom is -0.311 e. The van der Waals surface area contributed by atoms with Gasteiger partial charge in [-0.1, -0.05) is 24.3 Å². The smallest absolute Gasteiger partial charge is 0.0302 e. The van der Waals surface area contributed by atoms with Gasteiger partial charge in [-0.3, -0.25) is 4.90 Å². The van der Waals surface area contributed by atoms with Gasteiger partial charge in [-0.25, -0.2) is 0 Å². The maximum Gasteiger partial charge on any atom is 0.0302 e. The van der Waals surface area contributed by atoms with Crippen LogP contribution in [0.25, 0.3) is 0 Å². The second kappa shape index (κ2) is 7.21. The highest BCUT2D eigenvalue weighted by Gasteiger charge is 2.13. The van der Waals surface area contributed by atoms with Gasteiger partial charge in [-0.05, 0) is 54.4 Å². The molecule has 1 aromatic heterocycles. The van der Waals surface area contributed by atoms with Crippen molar-refractivity contribution >= 4 is 11.3 Å². The molecule has 0 aliphatic carbocycles. The first-order chi connectivity index (χ1) is 10.3. The van der Waals surface area contributed by atoms with Crippen molar-refractivity contribution in [1.29, 1.82) is 0 Å². The summed E-state index contributed by atoms with van der Waals surface area (Å²) in [5, 5.41) is 5.77. The molecule has 112 valence electrons. The summed E-state index contributed by atoms with van der Waals surface area (Å²) >= 11 is 1.85. The van der Waals surface area contributed by atoms with E-state index in [0.717, 1.165) is 26.2 Å². The van der Waals surface area contributed by atoms with E-state index < -0.39 is 0 Å². The third kappa shape index (κ3) is 3.94. The number of benzene rings is 1. The van der Waals surface area contributed by atoms with Crippen molar-refractivity contribution in [2.24, 2.45) is 0 Å². The molecule has 1 aromatic carbocycles. The van der Waals surface area contributed by atoms with E-state index in [2.05, 4.69) is 52.9 Å². The van der Waals surface area contributed by atoms with Gasteiger partial charge in [0, 0.05) is 31.1 Å². The van der Waals surface area contributed by atoms with Gasteiger partial charge in [0.1, 0.15) is 0 Å². The zero-order valence-electron chi connectivity index (χ0n) is 12.8. The molecule has 0 unspecified atom stereocenters. The van der Waals surface area contributed by atoms with Crippen molar-refractivity contribution in [1.82, 2.24) is 10.2 Å². The highest BCUT2D eigenvalue weighted by Crippen LogP contribution is 2.18. The van der Waals surface area contributed by atoms with Crippen molar-refractivity contribution in [3.05, 3.63) is 57.3 Å². The van der Waals surface area contributed by atoms with Gasteiger partial charge in [0.25, 0.3) is 0 Å². The summed E-state index contributed by atoms with van der Waals surface area (Å²) in [6.45, 7) is 7.73. The fraction of sp³-hybridized carbons (Fsp3) is 0.444. The van der Waals surface area contributed by atoms with Crippen molar-refractivity contribution in [2.75, 3.05) is 19.6 Å². The molecule has 2 aromatic rings. The number of nitrogens with one attached hydrogen (secondary N) is 1. The predicted molar refractivity (Wildman–Crippen MR) is 90.8 cm³/mol. The SMILES string of the molecule is Cc1ccsc1CNCCN1CCCc2ccccc2C1. The van der Waals surface area contributed by atoms with Crippen molar-refractivity contribution in [3.63, 3.8) is 0 Å². The summed E-state index contributed by atoms with van der Waals surface area (Å²) in [5.74, 6) is 0. The predicted octanol–water partition coefficient (Wildman–Crippen LogP) is 3.59. The second-order valence-corrected chi connectivity index (χ2v) is 6.85. The number of fused-ring (bicyclic) bond motifs is 1. The van der Waals surface area contributed by atoms with Crippen molar-refractivity contribution < 1.29 is 0 Å². The van der Waals surface area contributed by atoms with Crippen LogP contribution in [0.3, 0.4) is 0 Å². The van der Waals surface area contributed by atoms with E-state index in [1.165, 1.54) is 35.4 Å². The van der Waals surface area contributed by atoms with E-state index in [4.69, 9.17) is 0 Å². The Morgan fingerprint density at radius 3 is 2.86 bits per heavy atom. The van der Waals surface area contributed by atoms with Crippen LogP contribution in [0.5, 0.6) is 0 Å². The molecule has 0 atom stereocenters. The third-order valence-corrected chi connectivity index (χ3v) is 5.31. The van der Waals surface area contributed by atoms with Gasteiger partial charge < -0.3 is 5.32 Å². The average molecular weight is 300 g/mol. The van der Waals surface area contributed by atoms with Gasteiger partial charge in [0.2, 0.25) is 0 Å². The highest BCUT2D eigenvalue weighted by molar-refractivity contribution is 7.10. The van der Waals surface area contributed by atoms with Gasteiger partial charge in [-0.2, -0.15) is 0 Å². The van der Waals surface area contributed by atoms with E-state index in [-0.39, 0.29) is 0 Å². The van der Waals surface area contributed by atoms with Crippen LogP contribution in [0.15, 0.2) is 35.7 Å². The van der Waals surface area contributed by atoms with E-state index >= 15 is 0 Å². The molecule has 0 fully saturated rings. The van der Waals surface area contributed by atoms with E-state index in [9.17, 15) is 0 Å². The lowest BCUT2D eigenvalue weighted by molar-refractivity contribution is 0.269. The number of hydrogen-bond donors (Lipinski definition) is 1. The molecule has 0 bridgehead atoms. The Bertz CT molecular complexity index is 576. The first kappa shape index (κ1) is 14.8. The summed E-state index contributed by atoms with van der Waals surface area (Å²) in [5.41, 5.74) is 4.47. The molecule has 1 N–H and O–H groups in total. The molecule has 21 heavy (non-hydrogen) atoms. The van der Waals surface area contributed by atoms with Gasteiger partial charge in [0.15, 0.2) is 0 Å². The van der Waals surface area contributed by atoms with E-state index in [1.54, 1.807) is 5.56 Å². The minimum atomic E-state index is 1.01. The Morgan fingerprint density at radius 1 is 1.19 bits per heavy atom. The molecule has 0 radical (unpaired) electrons. The minimum absolute atomic E-state index is 1.01. The lowest BCUT2D eigenvalue weighted by Gasteiger charge is -2.20. The zero-order chi connectivity index (χ0) is 14.5. The quantitative estimate of drug-likeness (QED) is 0.849. The number of nitrogens with zero attached hydrogens (tertiary/aromatic N) is 1. The Balaban J connectivity index is 1.46. The molecule has 0 amide bonds. The first-order valence-electron chi connectivity index (χ1n) is 7.86. The molecule has 2 heterocycles. The monoisotopic (exact) mass is 300 g/mol. The highest BCUT2D eigenvalue weighted by atomic mass is 32.1. The number of hydrogen-bond acceptors (Lipinski definition) is 3. The molecule has 1 aliphatic heterocycles. The lowest BCUT2D eigenvalue weighted by atomic mass is 10.0.